The second-order valence-corrected chi connectivity index (χ2v) is 7.95. The summed E-state index contributed by atoms with van der Waals surface area (Å²) >= 11 is 0. The van der Waals surface area contributed by atoms with E-state index in [0.717, 1.165) is 37.2 Å². The molecule has 152 valence electrons. The lowest BCUT2D eigenvalue weighted by Crippen LogP contribution is -2.42. The minimum atomic E-state index is -0.183. The lowest BCUT2D eigenvalue weighted by Gasteiger charge is -2.30. The molecule has 5 heteroatoms. The Morgan fingerprint density at radius 2 is 1.55 bits per heavy atom. The second-order valence-electron chi connectivity index (χ2n) is 7.95. The molecule has 29 heavy (non-hydrogen) atoms. The zero-order chi connectivity index (χ0) is 20.2. The van der Waals surface area contributed by atoms with Gasteiger partial charge in [0.25, 0.3) is 5.91 Å². The molecule has 2 aromatic carbocycles. The van der Waals surface area contributed by atoms with E-state index in [1.807, 2.05) is 28.0 Å². The summed E-state index contributed by atoms with van der Waals surface area (Å²) in [5.74, 6) is 0.750. The van der Waals surface area contributed by atoms with E-state index in [1.165, 1.54) is 6.42 Å². The maximum absolute atomic E-state index is 13.3. The standard InChI is InChI=1S/C24H28N2O3/c1-29-20-12-10-19(11-13-20)23(27)26-16-21(18-8-4-2-5-9-18)22(17-26)24(28)25-14-6-3-7-15-25/h2,4-5,8-13,21-22H,3,6-7,14-17H2,1H3. The Morgan fingerprint density at radius 1 is 0.862 bits per heavy atom. The van der Waals surface area contributed by atoms with Crippen molar-refractivity contribution in [3.8, 4) is 5.75 Å². The molecule has 2 fully saturated rings. The predicted octanol–water partition coefficient (Wildman–Crippen LogP) is 3.56. The van der Waals surface area contributed by atoms with Gasteiger partial charge < -0.3 is 14.5 Å². The molecule has 0 saturated carbocycles. The van der Waals surface area contributed by atoms with E-state index in [0.29, 0.717) is 18.7 Å². The SMILES string of the molecule is COc1ccc(C(=O)N2CC(C(=O)N3CCCCC3)C(c3ccccc3)C2)cc1. The number of piperidine rings is 1. The zero-order valence-electron chi connectivity index (χ0n) is 16.9. The van der Waals surface area contributed by atoms with E-state index in [2.05, 4.69) is 12.1 Å². The van der Waals surface area contributed by atoms with E-state index in [1.54, 1.807) is 31.4 Å². The monoisotopic (exact) mass is 392 g/mol. The average Bonchev–Trinajstić information content (AvgIpc) is 3.25. The number of rotatable bonds is 4. The fourth-order valence-corrected chi connectivity index (χ4v) is 4.52. The van der Waals surface area contributed by atoms with Gasteiger partial charge in [-0.1, -0.05) is 30.3 Å². The Balaban J connectivity index is 1.57. The van der Waals surface area contributed by atoms with Gasteiger partial charge in [0.1, 0.15) is 5.75 Å². The van der Waals surface area contributed by atoms with Crippen LogP contribution in [0.2, 0.25) is 0 Å². The molecule has 2 aliphatic heterocycles. The van der Waals surface area contributed by atoms with Crippen molar-refractivity contribution in [2.75, 3.05) is 33.3 Å². The van der Waals surface area contributed by atoms with Crippen molar-refractivity contribution >= 4 is 11.8 Å². The van der Waals surface area contributed by atoms with Crippen molar-refractivity contribution in [2.24, 2.45) is 5.92 Å². The van der Waals surface area contributed by atoms with Crippen molar-refractivity contribution in [2.45, 2.75) is 25.2 Å². The Morgan fingerprint density at radius 3 is 2.21 bits per heavy atom. The van der Waals surface area contributed by atoms with E-state index < -0.39 is 0 Å². The molecular formula is C24H28N2O3. The minimum Gasteiger partial charge on any atom is -0.497 e. The summed E-state index contributed by atoms with van der Waals surface area (Å²) < 4.78 is 5.19. The van der Waals surface area contributed by atoms with E-state index >= 15 is 0 Å². The molecule has 2 heterocycles. The summed E-state index contributed by atoms with van der Waals surface area (Å²) in [5.41, 5.74) is 1.76. The third kappa shape index (κ3) is 4.14. The molecule has 2 unspecified atom stereocenters. The van der Waals surface area contributed by atoms with Crippen LogP contribution in [0, 0.1) is 5.92 Å². The van der Waals surface area contributed by atoms with Crippen LogP contribution in [0.3, 0.4) is 0 Å². The molecule has 2 amide bonds. The van der Waals surface area contributed by atoms with Gasteiger partial charge in [-0.3, -0.25) is 9.59 Å². The first-order valence-corrected chi connectivity index (χ1v) is 10.4. The van der Waals surface area contributed by atoms with Crippen LogP contribution >= 0.6 is 0 Å². The molecule has 2 saturated heterocycles. The van der Waals surface area contributed by atoms with Gasteiger partial charge in [0.15, 0.2) is 0 Å². The number of likely N-dealkylation sites (tertiary alicyclic amines) is 2. The van der Waals surface area contributed by atoms with Crippen molar-refractivity contribution in [1.82, 2.24) is 9.80 Å². The van der Waals surface area contributed by atoms with Crippen LogP contribution < -0.4 is 4.74 Å². The fraction of sp³-hybridized carbons (Fsp3) is 0.417. The lowest BCUT2D eigenvalue weighted by molar-refractivity contribution is -0.136. The van der Waals surface area contributed by atoms with E-state index in [9.17, 15) is 9.59 Å². The van der Waals surface area contributed by atoms with Crippen LogP contribution in [-0.2, 0) is 4.79 Å². The summed E-state index contributed by atoms with van der Waals surface area (Å²) in [5, 5.41) is 0. The van der Waals surface area contributed by atoms with Gasteiger partial charge >= 0.3 is 0 Å². The molecule has 0 aliphatic carbocycles. The van der Waals surface area contributed by atoms with Crippen LogP contribution in [0.4, 0.5) is 0 Å². The third-order valence-electron chi connectivity index (χ3n) is 6.16. The molecule has 4 rings (SSSR count). The van der Waals surface area contributed by atoms with Gasteiger partial charge in [0, 0.05) is 37.7 Å². The number of amides is 2. The summed E-state index contributed by atoms with van der Waals surface area (Å²) in [4.78, 5) is 30.3. The maximum atomic E-state index is 13.3. The molecule has 0 radical (unpaired) electrons. The quantitative estimate of drug-likeness (QED) is 0.799. The number of methoxy groups -OCH3 is 1. The van der Waals surface area contributed by atoms with Crippen molar-refractivity contribution in [1.29, 1.82) is 0 Å². The van der Waals surface area contributed by atoms with Crippen LogP contribution in [0.15, 0.2) is 54.6 Å². The van der Waals surface area contributed by atoms with Gasteiger partial charge in [-0.2, -0.15) is 0 Å². The first-order chi connectivity index (χ1) is 14.2. The summed E-state index contributed by atoms with van der Waals surface area (Å²) in [6.07, 6.45) is 3.34. The number of carbonyl (C=O) groups excluding carboxylic acids is 2. The number of benzene rings is 2. The number of hydrogen-bond acceptors (Lipinski definition) is 3. The third-order valence-corrected chi connectivity index (χ3v) is 6.16. The second kappa shape index (κ2) is 8.68. The van der Waals surface area contributed by atoms with Gasteiger partial charge in [-0.05, 0) is 49.1 Å². The van der Waals surface area contributed by atoms with Gasteiger partial charge in [-0.25, -0.2) is 0 Å². The Labute approximate surface area is 172 Å². The summed E-state index contributed by atoms with van der Waals surface area (Å²) in [6, 6.07) is 17.3. The molecular weight excluding hydrogens is 364 g/mol. The summed E-state index contributed by atoms with van der Waals surface area (Å²) in [6.45, 7) is 2.71. The molecule has 0 bridgehead atoms. The van der Waals surface area contributed by atoms with Crippen LogP contribution in [0.1, 0.15) is 41.1 Å². The normalized spacial score (nSPS) is 21.8. The molecule has 0 N–H and O–H groups in total. The maximum Gasteiger partial charge on any atom is 0.253 e. The minimum absolute atomic E-state index is 0.0254. The highest BCUT2D eigenvalue weighted by Gasteiger charge is 2.42. The first kappa shape index (κ1) is 19.5. The van der Waals surface area contributed by atoms with Crippen LogP contribution in [-0.4, -0.2) is 54.9 Å². The molecule has 5 nitrogen and oxygen atoms in total. The number of ether oxygens (including phenoxy) is 1. The molecule has 0 spiro atoms. The van der Waals surface area contributed by atoms with Crippen molar-refractivity contribution in [3.63, 3.8) is 0 Å². The smallest absolute Gasteiger partial charge is 0.253 e. The highest BCUT2D eigenvalue weighted by molar-refractivity contribution is 5.95. The Hall–Kier alpha value is -2.82. The number of carbonyl (C=O) groups is 2. The Kier molecular flexibility index (Phi) is 5.84. The van der Waals surface area contributed by atoms with Crippen molar-refractivity contribution in [3.05, 3.63) is 65.7 Å². The van der Waals surface area contributed by atoms with Crippen LogP contribution in [0.25, 0.3) is 0 Å². The van der Waals surface area contributed by atoms with Gasteiger partial charge in [0.2, 0.25) is 5.91 Å². The molecule has 2 aliphatic rings. The lowest BCUT2D eigenvalue weighted by atomic mass is 9.87. The van der Waals surface area contributed by atoms with E-state index in [-0.39, 0.29) is 23.7 Å². The summed E-state index contributed by atoms with van der Waals surface area (Å²) in [7, 11) is 1.61. The largest absolute Gasteiger partial charge is 0.497 e. The molecule has 2 atom stereocenters. The molecule has 2 aromatic rings. The van der Waals surface area contributed by atoms with Gasteiger partial charge in [-0.15, -0.1) is 0 Å². The number of nitrogens with zero attached hydrogens (tertiary/aromatic N) is 2. The predicted molar refractivity (Wildman–Crippen MR) is 112 cm³/mol. The zero-order valence-corrected chi connectivity index (χ0v) is 16.9. The van der Waals surface area contributed by atoms with Crippen molar-refractivity contribution < 1.29 is 14.3 Å². The fourth-order valence-electron chi connectivity index (χ4n) is 4.52. The van der Waals surface area contributed by atoms with Gasteiger partial charge in [0.05, 0.1) is 13.0 Å². The van der Waals surface area contributed by atoms with E-state index in [4.69, 9.17) is 4.74 Å². The molecule has 0 aromatic heterocycles. The highest BCUT2D eigenvalue weighted by Crippen LogP contribution is 2.35. The number of hydrogen-bond donors (Lipinski definition) is 0. The van der Waals surface area contributed by atoms with Crippen LogP contribution in [0.5, 0.6) is 5.75 Å². The Bertz CT molecular complexity index is 844. The topological polar surface area (TPSA) is 49.9 Å². The first-order valence-electron chi connectivity index (χ1n) is 10.4. The average molecular weight is 392 g/mol. The highest BCUT2D eigenvalue weighted by atomic mass is 16.5.